The van der Waals surface area contributed by atoms with Gasteiger partial charge in [0.05, 0.1) is 0 Å². The Morgan fingerprint density at radius 1 is 1.38 bits per heavy atom. The Hall–Kier alpha value is -1.44. The minimum absolute atomic E-state index is 0.274. The van der Waals surface area contributed by atoms with Crippen LogP contribution in [0.15, 0.2) is 36.5 Å². The molecular formula is C14H17NO. The van der Waals surface area contributed by atoms with Gasteiger partial charge in [0.15, 0.2) is 5.78 Å². The smallest absolute Gasteiger partial charge is 0.155 e. The Labute approximate surface area is 96.4 Å². The van der Waals surface area contributed by atoms with E-state index in [-0.39, 0.29) is 5.78 Å². The molecule has 2 nitrogen and oxygen atoms in total. The molecule has 1 unspecified atom stereocenters. The Morgan fingerprint density at radius 2 is 2.31 bits per heavy atom. The fraction of sp³-hybridized carbons (Fsp3) is 0.429. The summed E-state index contributed by atoms with van der Waals surface area (Å²) in [6.45, 7) is 0. The third-order valence-corrected chi connectivity index (χ3v) is 3.03. The van der Waals surface area contributed by atoms with Crippen molar-refractivity contribution in [1.82, 2.24) is 4.98 Å². The van der Waals surface area contributed by atoms with Crippen molar-refractivity contribution < 1.29 is 4.79 Å². The van der Waals surface area contributed by atoms with Crippen LogP contribution in [0.1, 0.15) is 31.4 Å². The van der Waals surface area contributed by atoms with Gasteiger partial charge >= 0.3 is 0 Å². The largest absolute Gasteiger partial charge is 0.295 e. The van der Waals surface area contributed by atoms with Gasteiger partial charge in [-0.15, -0.1) is 0 Å². The predicted octanol–water partition coefficient (Wildman–Crippen LogP) is 2.94. The molecule has 1 aliphatic carbocycles. The van der Waals surface area contributed by atoms with Gasteiger partial charge < -0.3 is 0 Å². The van der Waals surface area contributed by atoms with E-state index in [4.69, 9.17) is 0 Å². The van der Waals surface area contributed by atoms with E-state index < -0.39 is 0 Å². The highest BCUT2D eigenvalue weighted by molar-refractivity contribution is 5.89. The molecule has 1 aromatic heterocycles. The average Bonchev–Trinajstić information content (AvgIpc) is 2.27. The molecule has 0 fully saturated rings. The molecule has 84 valence electrons. The Bertz CT molecular complexity index is 370. The van der Waals surface area contributed by atoms with Crippen LogP contribution in [-0.4, -0.2) is 10.8 Å². The molecule has 0 bridgehead atoms. The van der Waals surface area contributed by atoms with Crippen molar-refractivity contribution in [1.29, 1.82) is 0 Å². The summed E-state index contributed by atoms with van der Waals surface area (Å²) in [5, 5.41) is 0. The van der Waals surface area contributed by atoms with Crippen molar-refractivity contribution in [3.63, 3.8) is 0 Å². The fourth-order valence-electron chi connectivity index (χ4n) is 2.16. The quantitative estimate of drug-likeness (QED) is 0.759. The van der Waals surface area contributed by atoms with Crippen molar-refractivity contribution in [3.8, 4) is 0 Å². The summed E-state index contributed by atoms with van der Waals surface area (Å²) < 4.78 is 0. The normalized spacial score (nSPS) is 21.5. The lowest BCUT2D eigenvalue weighted by Gasteiger charge is -2.15. The fourth-order valence-corrected chi connectivity index (χ4v) is 2.16. The van der Waals surface area contributed by atoms with E-state index >= 15 is 0 Å². The molecule has 0 saturated carbocycles. The highest BCUT2D eigenvalue weighted by Crippen LogP contribution is 2.20. The molecule has 0 N–H and O–H groups in total. The first-order chi connectivity index (χ1) is 7.84. The standard InChI is InChI=1S/C14H17NO/c16-14-8-3-5-12(6-4-9-14)11-13-7-1-2-10-15-13/h1-3,7-8,10,12H,4-6,9,11H2. The summed E-state index contributed by atoms with van der Waals surface area (Å²) in [5.41, 5.74) is 1.16. The van der Waals surface area contributed by atoms with Crippen molar-refractivity contribution in [2.24, 2.45) is 5.92 Å². The van der Waals surface area contributed by atoms with Crippen molar-refractivity contribution in [2.75, 3.05) is 0 Å². The zero-order chi connectivity index (χ0) is 11.2. The number of hydrogen-bond acceptors (Lipinski definition) is 2. The van der Waals surface area contributed by atoms with Crippen LogP contribution in [0.4, 0.5) is 0 Å². The highest BCUT2D eigenvalue weighted by atomic mass is 16.1. The van der Waals surface area contributed by atoms with Crippen LogP contribution in [-0.2, 0) is 11.2 Å². The lowest BCUT2D eigenvalue weighted by molar-refractivity contribution is -0.114. The van der Waals surface area contributed by atoms with Gasteiger partial charge in [-0.1, -0.05) is 12.1 Å². The van der Waals surface area contributed by atoms with E-state index in [2.05, 4.69) is 11.1 Å². The highest BCUT2D eigenvalue weighted by Gasteiger charge is 2.12. The second-order valence-corrected chi connectivity index (χ2v) is 4.39. The monoisotopic (exact) mass is 215 g/mol. The van der Waals surface area contributed by atoms with E-state index in [1.165, 1.54) is 0 Å². The minimum Gasteiger partial charge on any atom is -0.295 e. The van der Waals surface area contributed by atoms with Crippen molar-refractivity contribution in [2.45, 2.75) is 32.1 Å². The van der Waals surface area contributed by atoms with Gasteiger partial charge in [-0.2, -0.15) is 0 Å². The molecule has 0 radical (unpaired) electrons. The van der Waals surface area contributed by atoms with Crippen LogP contribution in [0.3, 0.4) is 0 Å². The van der Waals surface area contributed by atoms with Gasteiger partial charge in [0.25, 0.3) is 0 Å². The summed E-state index contributed by atoms with van der Waals surface area (Å²) in [6, 6.07) is 6.05. The number of carbonyl (C=O) groups excluding carboxylic acids is 1. The molecular weight excluding hydrogens is 198 g/mol. The van der Waals surface area contributed by atoms with Gasteiger partial charge in [-0.05, 0) is 49.8 Å². The summed E-state index contributed by atoms with van der Waals surface area (Å²) in [6.07, 6.45) is 10.5. The maximum atomic E-state index is 11.2. The van der Waals surface area contributed by atoms with Crippen molar-refractivity contribution in [3.05, 3.63) is 42.2 Å². The van der Waals surface area contributed by atoms with E-state index in [1.807, 2.05) is 24.4 Å². The van der Waals surface area contributed by atoms with E-state index in [1.54, 1.807) is 6.08 Å². The third-order valence-electron chi connectivity index (χ3n) is 3.03. The average molecular weight is 215 g/mol. The molecule has 0 aliphatic heterocycles. The van der Waals surface area contributed by atoms with Gasteiger partial charge in [-0.3, -0.25) is 9.78 Å². The van der Waals surface area contributed by atoms with Crippen LogP contribution in [0.2, 0.25) is 0 Å². The van der Waals surface area contributed by atoms with Gasteiger partial charge in [-0.25, -0.2) is 0 Å². The van der Waals surface area contributed by atoms with E-state index in [9.17, 15) is 4.79 Å². The number of nitrogens with zero attached hydrogens (tertiary/aromatic N) is 1. The molecule has 1 aromatic rings. The Morgan fingerprint density at radius 3 is 3.12 bits per heavy atom. The molecule has 2 rings (SSSR count). The predicted molar refractivity (Wildman–Crippen MR) is 64.0 cm³/mol. The van der Waals surface area contributed by atoms with Crippen LogP contribution in [0.5, 0.6) is 0 Å². The SMILES string of the molecule is O=C1C=CCC(Cc2ccccn2)CCC1. The molecule has 2 heteroatoms. The molecule has 1 atom stereocenters. The van der Waals surface area contributed by atoms with Crippen LogP contribution in [0, 0.1) is 5.92 Å². The Balaban J connectivity index is 1.95. The van der Waals surface area contributed by atoms with Gasteiger partial charge in [0, 0.05) is 18.3 Å². The number of hydrogen-bond donors (Lipinski definition) is 0. The number of aromatic nitrogens is 1. The zero-order valence-corrected chi connectivity index (χ0v) is 9.43. The lowest BCUT2D eigenvalue weighted by Crippen LogP contribution is -2.08. The molecule has 1 heterocycles. The summed E-state index contributed by atoms with van der Waals surface area (Å²) in [4.78, 5) is 15.6. The molecule has 16 heavy (non-hydrogen) atoms. The van der Waals surface area contributed by atoms with Crippen LogP contribution >= 0.6 is 0 Å². The third kappa shape index (κ3) is 3.30. The Kier molecular flexibility index (Phi) is 3.86. The first-order valence-electron chi connectivity index (χ1n) is 5.94. The summed E-state index contributed by atoms with van der Waals surface area (Å²) >= 11 is 0. The number of carbonyl (C=O) groups is 1. The molecule has 0 saturated heterocycles. The number of rotatable bonds is 2. The molecule has 0 spiro atoms. The minimum atomic E-state index is 0.274. The summed E-state index contributed by atoms with van der Waals surface area (Å²) in [5.74, 6) is 0.913. The maximum Gasteiger partial charge on any atom is 0.155 e. The van der Waals surface area contributed by atoms with Gasteiger partial charge in [0.1, 0.15) is 0 Å². The second-order valence-electron chi connectivity index (χ2n) is 4.39. The van der Waals surface area contributed by atoms with Gasteiger partial charge in [0.2, 0.25) is 0 Å². The van der Waals surface area contributed by atoms with E-state index in [0.29, 0.717) is 12.3 Å². The molecule has 0 aromatic carbocycles. The number of pyridine rings is 1. The number of allylic oxidation sites excluding steroid dienone is 2. The van der Waals surface area contributed by atoms with Crippen LogP contribution < -0.4 is 0 Å². The second kappa shape index (κ2) is 5.59. The molecule has 0 amide bonds. The van der Waals surface area contributed by atoms with Crippen LogP contribution in [0.25, 0.3) is 0 Å². The van der Waals surface area contributed by atoms with E-state index in [0.717, 1.165) is 31.4 Å². The zero-order valence-electron chi connectivity index (χ0n) is 9.43. The summed E-state index contributed by atoms with van der Waals surface area (Å²) in [7, 11) is 0. The first-order valence-corrected chi connectivity index (χ1v) is 5.94. The maximum absolute atomic E-state index is 11.2. The number of ketones is 1. The molecule has 1 aliphatic rings. The lowest BCUT2D eigenvalue weighted by atomic mass is 9.90. The van der Waals surface area contributed by atoms with Crippen molar-refractivity contribution >= 4 is 5.78 Å². The first kappa shape index (κ1) is 11.1. The topological polar surface area (TPSA) is 30.0 Å².